The van der Waals surface area contributed by atoms with E-state index in [0.717, 1.165) is 37.7 Å². The van der Waals surface area contributed by atoms with Crippen molar-refractivity contribution in [2.45, 2.75) is 11.9 Å². The van der Waals surface area contributed by atoms with Crippen molar-refractivity contribution in [3.63, 3.8) is 0 Å². The van der Waals surface area contributed by atoms with Crippen LogP contribution in [0.25, 0.3) is 0 Å². The van der Waals surface area contributed by atoms with Gasteiger partial charge in [0.15, 0.2) is 11.5 Å². The second kappa shape index (κ2) is 7.46. The highest BCUT2D eigenvalue weighted by atomic mass is 35.5. The number of anilines is 1. The van der Waals surface area contributed by atoms with Crippen molar-refractivity contribution in [3.05, 3.63) is 52.4 Å². The van der Waals surface area contributed by atoms with Gasteiger partial charge in [-0.05, 0) is 11.6 Å². The monoisotopic (exact) mass is 409 g/mol. The van der Waals surface area contributed by atoms with E-state index in [1.165, 1.54) is 0 Å². The number of methoxy groups -OCH3 is 1. The number of aromatic nitrogens is 2. The molecule has 0 radical (unpaired) electrons. The van der Waals surface area contributed by atoms with Gasteiger partial charge in [0.1, 0.15) is 0 Å². The smallest absolute Gasteiger partial charge is 0.417 e. The number of alkyl halides is 3. The van der Waals surface area contributed by atoms with Gasteiger partial charge in [-0.1, -0.05) is 23.7 Å². The second-order valence-corrected chi connectivity index (χ2v) is 6.98. The third-order valence-electron chi connectivity index (χ3n) is 3.06. The topological polar surface area (TPSA) is 98.2 Å². The zero-order chi connectivity index (χ0) is 19.5. The largest absolute Gasteiger partial charge is 0.464 e. The number of nitrogens with zero attached hydrogens (tertiary/aromatic N) is 2. The highest BCUT2D eigenvalue weighted by Gasteiger charge is 2.34. The summed E-state index contributed by atoms with van der Waals surface area (Å²) in [7, 11) is -3.18. The predicted molar refractivity (Wildman–Crippen MR) is 86.1 cm³/mol. The number of rotatable bonds is 5. The molecule has 0 aliphatic heterocycles. The molecule has 26 heavy (non-hydrogen) atoms. The number of hydrogen-bond acceptors (Lipinski definition) is 6. The Labute approximate surface area is 151 Å². The van der Waals surface area contributed by atoms with Crippen molar-refractivity contribution >= 4 is 33.4 Å². The molecule has 0 spiro atoms. The Morgan fingerprint density at radius 2 is 1.92 bits per heavy atom. The zero-order valence-electron chi connectivity index (χ0n) is 13.0. The Morgan fingerprint density at radius 1 is 1.27 bits per heavy atom. The van der Waals surface area contributed by atoms with Crippen LogP contribution in [0.3, 0.4) is 0 Å². The summed E-state index contributed by atoms with van der Waals surface area (Å²) in [6, 6.07) is 2.93. The lowest BCUT2D eigenvalue weighted by Gasteiger charge is -2.13. The maximum atomic E-state index is 12.9. The number of carbonyl (C=O) groups excluding carboxylic acids is 1. The van der Waals surface area contributed by atoms with Crippen molar-refractivity contribution in [1.82, 2.24) is 9.97 Å². The predicted octanol–water partition coefficient (Wildman–Crippen LogP) is 2.88. The van der Waals surface area contributed by atoms with E-state index in [1.54, 1.807) is 0 Å². The summed E-state index contributed by atoms with van der Waals surface area (Å²) in [4.78, 5) is 18.9. The number of carbonyl (C=O) groups is 1. The molecule has 1 N–H and O–H groups in total. The van der Waals surface area contributed by atoms with E-state index in [0.29, 0.717) is 0 Å². The van der Waals surface area contributed by atoms with E-state index >= 15 is 0 Å². The Balaban J connectivity index is 2.33. The first-order valence-corrected chi connectivity index (χ1v) is 8.82. The van der Waals surface area contributed by atoms with Crippen LogP contribution < -0.4 is 4.72 Å². The highest BCUT2D eigenvalue weighted by molar-refractivity contribution is 7.91. The molecule has 0 amide bonds. The van der Waals surface area contributed by atoms with Crippen LogP contribution in [0.4, 0.5) is 19.0 Å². The van der Waals surface area contributed by atoms with Gasteiger partial charge in [0.2, 0.25) is 10.0 Å². The highest BCUT2D eigenvalue weighted by Crippen LogP contribution is 2.36. The third-order valence-corrected chi connectivity index (χ3v) is 4.70. The SMILES string of the molecule is COC(=O)c1nccnc1NS(=O)(=O)Cc1cccc(C(F)(F)F)c1Cl. The summed E-state index contributed by atoms with van der Waals surface area (Å²) < 4.78 is 69.6. The van der Waals surface area contributed by atoms with Gasteiger partial charge < -0.3 is 4.74 Å². The van der Waals surface area contributed by atoms with Crippen molar-refractivity contribution < 1.29 is 31.1 Å². The van der Waals surface area contributed by atoms with Crippen LogP contribution in [0.2, 0.25) is 5.02 Å². The molecule has 7 nitrogen and oxygen atoms in total. The summed E-state index contributed by atoms with van der Waals surface area (Å²) in [6.07, 6.45) is -2.46. The van der Waals surface area contributed by atoms with E-state index in [4.69, 9.17) is 11.6 Å². The fourth-order valence-electron chi connectivity index (χ4n) is 1.96. The maximum absolute atomic E-state index is 12.9. The minimum Gasteiger partial charge on any atom is -0.464 e. The van der Waals surface area contributed by atoms with Gasteiger partial charge in [0, 0.05) is 12.4 Å². The van der Waals surface area contributed by atoms with Crippen LogP contribution in [0.15, 0.2) is 30.6 Å². The minimum atomic E-state index is -4.73. The van der Waals surface area contributed by atoms with E-state index < -0.39 is 50.0 Å². The van der Waals surface area contributed by atoms with Gasteiger partial charge in [-0.2, -0.15) is 13.2 Å². The van der Waals surface area contributed by atoms with Gasteiger partial charge in [-0.15, -0.1) is 0 Å². The molecule has 2 aromatic rings. The van der Waals surface area contributed by atoms with E-state index in [-0.39, 0.29) is 5.56 Å². The fourth-order valence-corrected chi connectivity index (χ4v) is 3.50. The molecule has 0 aliphatic carbocycles. The molecule has 0 bridgehead atoms. The van der Waals surface area contributed by atoms with Crippen LogP contribution >= 0.6 is 11.6 Å². The van der Waals surface area contributed by atoms with E-state index in [1.807, 2.05) is 4.72 Å². The molecule has 140 valence electrons. The standard InChI is InChI=1S/C14H11ClF3N3O4S/c1-25-13(22)11-12(20-6-5-19-11)21-26(23,24)7-8-3-2-4-9(10(8)15)14(16,17)18/h2-6H,7H2,1H3,(H,20,21). The molecule has 2 rings (SSSR count). The molecule has 12 heteroatoms. The average Bonchev–Trinajstić information content (AvgIpc) is 2.55. The summed E-state index contributed by atoms with van der Waals surface area (Å²) >= 11 is 5.69. The molecule has 1 heterocycles. The third kappa shape index (κ3) is 4.61. The molecule has 0 saturated heterocycles. The molecule has 1 aromatic heterocycles. The van der Waals surface area contributed by atoms with Crippen LogP contribution in [0.1, 0.15) is 21.6 Å². The summed E-state index contributed by atoms with van der Waals surface area (Å²) in [5, 5.41) is -0.724. The van der Waals surface area contributed by atoms with Crippen LogP contribution in [-0.4, -0.2) is 31.5 Å². The molecule has 0 atom stereocenters. The molecule has 0 fully saturated rings. The molecular formula is C14H11ClF3N3O4S. The molecular weight excluding hydrogens is 399 g/mol. The number of halogens is 4. The fraction of sp³-hybridized carbons (Fsp3) is 0.214. The van der Waals surface area contributed by atoms with Gasteiger partial charge in [-0.3, -0.25) is 4.72 Å². The Hall–Kier alpha value is -2.40. The number of hydrogen-bond donors (Lipinski definition) is 1. The van der Waals surface area contributed by atoms with Crippen LogP contribution in [0.5, 0.6) is 0 Å². The van der Waals surface area contributed by atoms with Gasteiger partial charge in [-0.25, -0.2) is 23.2 Å². The van der Waals surface area contributed by atoms with Crippen molar-refractivity contribution in [2.75, 3.05) is 11.8 Å². The Morgan fingerprint density at radius 3 is 2.54 bits per heavy atom. The second-order valence-electron chi connectivity index (χ2n) is 4.88. The lowest BCUT2D eigenvalue weighted by molar-refractivity contribution is -0.137. The molecule has 0 saturated carbocycles. The molecule has 0 aliphatic rings. The lowest BCUT2D eigenvalue weighted by Crippen LogP contribution is -2.20. The van der Waals surface area contributed by atoms with Crippen LogP contribution in [-0.2, 0) is 26.7 Å². The van der Waals surface area contributed by atoms with Crippen LogP contribution in [0, 0.1) is 0 Å². The maximum Gasteiger partial charge on any atom is 0.417 e. The number of nitrogens with one attached hydrogen (secondary N) is 1. The van der Waals surface area contributed by atoms with Gasteiger partial charge in [0.25, 0.3) is 0 Å². The quantitative estimate of drug-likeness (QED) is 0.762. The van der Waals surface area contributed by atoms with Crippen molar-refractivity contribution in [2.24, 2.45) is 0 Å². The van der Waals surface area contributed by atoms with Crippen molar-refractivity contribution in [1.29, 1.82) is 0 Å². The summed E-state index contributed by atoms with van der Waals surface area (Å²) in [5.74, 6) is -2.22. The minimum absolute atomic E-state index is 0.266. The lowest BCUT2D eigenvalue weighted by atomic mass is 10.1. The first kappa shape index (κ1) is 19.9. The molecule has 0 unspecified atom stereocenters. The van der Waals surface area contributed by atoms with Gasteiger partial charge in [0.05, 0.1) is 23.4 Å². The first-order chi connectivity index (χ1) is 12.0. The normalized spacial score (nSPS) is 11.9. The number of benzene rings is 1. The van der Waals surface area contributed by atoms with E-state index in [2.05, 4.69) is 14.7 Å². The number of esters is 1. The van der Waals surface area contributed by atoms with E-state index in [9.17, 15) is 26.4 Å². The summed E-state index contributed by atoms with van der Waals surface area (Å²) in [6.45, 7) is 0. The number of ether oxygens (including phenoxy) is 1. The Kier molecular flexibility index (Phi) is 5.71. The average molecular weight is 410 g/mol. The Bertz CT molecular complexity index is 935. The first-order valence-electron chi connectivity index (χ1n) is 6.79. The van der Waals surface area contributed by atoms with Gasteiger partial charge >= 0.3 is 12.1 Å². The zero-order valence-corrected chi connectivity index (χ0v) is 14.6. The molecule has 1 aromatic carbocycles. The number of sulfonamides is 1. The van der Waals surface area contributed by atoms with Crippen molar-refractivity contribution in [3.8, 4) is 0 Å². The summed E-state index contributed by atoms with van der Waals surface area (Å²) in [5.41, 5.74) is -1.81.